The van der Waals surface area contributed by atoms with E-state index < -0.39 is 0 Å². The van der Waals surface area contributed by atoms with Crippen LogP contribution in [0.4, 0.5) is 5.69 Å². The molecule has 1 aliphatic heterocycles. The van der Waals surface area contributed by atoms with E-state index in [-0.39, 0.29) is 18.4 Å². The van der Waals surface area contributed by atoms with Gasteiger partial charge < -0.3 is 4.74 Å². The third-order valence-corrected chi connectivity index (χ3v) is 4.82. The molecule has 1 aliphatic rings. The van der Waals surface area contributed by atoms with E-state index in [1.165, 1.54) is 4.90 Å². The SMILES string of the molecule is CC(C)COc1ccc(/C=N/NC(=O)CN2C(=O)c3cccc4cccc2c34)cc1. The molecule has 0 unspecified atom stereocenters. The van der Waals surface area contributed by atoms with Crippen molar-refractivity contribution < 1.29 is 14.3 Å². The van der Waals surface area contributed by atoms with Gasteiger partial charge in [-0.25, -0.2) is 5.43 Å². The highest BCUT2D eigenvalue weighted by molar-refractivity contribution is 6.26. The second-order valence-electron chi connectivity index (χ2n) is 7.64. The zero-order chi connectivity index (χ0) is 21.1. The lowest BCUT2D eigenvalue weighted by atomic mass is 10.1. The molecule has 0 atom stereocenters. The number of hydrogen-bond acceptors (Lipinski definition) is 4. The van der Waals surface area contributed by atoms with Crippen LogP contribution in [0.2, 0.25) is 0 Å². The van der Waals surface area contributed by atoms with Gasteiger partial charge in [0, 0.05) is 10.9 Å². The van der Waals surface area contributed by atoms with Gasteiger partial charge in [-0.3, -0.25) is 14.5 Å². The fraction of sp³-hybridized carbons (Fsp3) is 0.208. The van der Waals surface area contributed by atoms with E-state index in [4.69, 9.17) is 4.74 Å². The lowest BCUT2D eigenvalue weighted by Crippen LogP contribution is -2.37. The zero-order valence-electron chi connectivity index (χ0n) is 17.0. The maximum atomic E-state index is 12.7. The standard InChI is InChI=1S/C24H23N3O3/c1-16(2)15-30-19-11-9-17(10-12-19)13-25-26-22(28)14-27-21-8-4-6-18-5-3-7-20(23(18)21)24(27)29/h3-13,16H,14-15H2,1-2H3,(H,26,28)/b25-13+. The van der Waals surface area contributed by atoms with Crippen LogP contribution in [0.25, 0.3) is 10.8 Å². The van der Waals surface area contributed by atoms with Crippen molar-refractivity contribution >= 4 is 34.5 Å². The number of carbonyl (C=O) groups excluding carboxylic acids is 2. The van der Waals surface area contributed by atoms with E-state index in [0.29, 0.717) is 18.1 Å². The maximum absolute atomic E-state index is 12.7. The predicted molar refractivity (Wildman–Crippen MR) is 118 cm³/mol. The van der Waals surface area contributed by atoms with Gasteiger partial charge >= 0.3 is 0 Å². The molecule has 3 aromatic carbocycles. The summed E-state index contributed by atoms with van der Waals surface area (Å²) in [6.45, 7) is 4.76. The van der Waals surface area contributed by atoms with Crippen LogP contribution in [0, 0.1) is 5.92 Å². The summed E-state index contributed by atoms with van der Waals surface area (Å²) in [6.07, 6.45) is 1.56. The maximum Gasteiger partial charge on any atom is 0.260 e. The first kappa shape index (κ1) is 19.6. The number of anilines is 1. The van der Waals surface area contributed by atoms with E-state index >= 15 is 0 Å². The van der Waals surface area contributed by atoms with Crippen molar-refractivity contribution in [2.24, 2.45) is 11.0 Å². The van der Waals surface area contributed by atoms with Crippen molar-refractivity contribution in [3.8, 4) is 5.75 Å². The molecule has 3 aromatic rings. The van der Waals surface area contributed by atoms with Crippen molar-refractivity contribution in [1.29, 1.82) is 0 Å². The quantitative estimate of drug-likeness (QED) is 0.481. The van der Waals surface area contributed by atoms with E-state index in [2.05, 4.69) is 24.4 Å². The molecule has 0 bridgehead atoms. The van der Waals surface area contributed by atoms with E-state index in [1.807, 2.05) is 54.6 Å². The van der Waals surface area contributed by atoms with Gasteiger partial charge in [-0.15, -0.1) is 0 Å². The van der Waals surface area contributed by atoms with Crippen LogP contribution in [-0.4, -0.2) is 31.2 Å². The number of amides is 2. The van der Waals surface area contributed by atoms with E-state index in [9.17, 15) is 9.59 Å². The topological polar surface area (TPSA) is 71.0 Å². The summed E-state index contributed by atoms with van der Waals surface area (Å²) in [4.78, 5) is 26.6. The van der Waals surface area contributed by atoms with Gasteiger partial charge in [0.2, 0.25) is 0 Å². The average molecular weight is 401 g/mol. The minimum atomic E-state index is -0.360. The molecule has 30 heavy (non-hydrogen) atoms. The minimum absolute atomic E-state index is 0.0913. The van der Waals surface area contributed by atoms with Crippen molar-refractivity contribution in [3.05, 3.63) is 71.8 Å². The number of hydrazone groups is 1. The fourth-order valence-corrected chi connectivity index (χ4v) is 3.41. The van der Waals surface area contributed by atoms with Crippen molar-refractivity contribution in [2.45, 2.75) is 13.8 Å². The molecule has 0 aliphatic carbocycles. The van der Waals surface area contributed by atoms with Gasteiger partial charge in [-0.05, 0) is 53.3 Å². The smallest absolute Gasteiger partial charge is 0.260 e. The molecule has 0 saturated carbocycles. The van der Waals surface area contributed by atoms with Gasteiger partial charge in [-0.2, -0.15) is 5.10 Å². The summed E-state index contributed by atoms with van der Waals surface area (Å²) >= 11 is 0. The third-order valence-electron chi connectivity index (χ3n) is 4.82. The molecule has 0 fully saturated rings. The molecule has 1 heterocycles. The largest absolute Gasteiger partial charge is 0.493 e. The second kappa shape index (κ2) is 8.37. The third kappa shape index (κ3) is 4.03. The summed E-state index contributed by atoms with van der Waals surface area (Å²) < 4.78 is 5.65. The molecule has 0 aromatic heterocycles. The number of nitrogens with one attached hydrogen (secondary N) is 1. The lowest BCUT2D eigenvalue weighted by Gasteiger charge is -2.16. The van der Waals surface area contributed by atoms with Crippen molar-refractivity contribution in [2.75, 3.05) is 18.1 Å². The Morgan fingerprint density at radius 1 is 1.10 bits per heavy atom. The van der Waals surface area contributed by atoms with E-state index in [0.717, 1.165) is 27.8 Å². The normalized spacial score (nSPS) is 12.9. The van der Waals surface area contributed by atoms with Crippen LogP contribution in [0.3, 0.4) is 0 Å². The molecular weight excluding hydrogens is 378 g/mol. The molecule has 152 valence electrons. The second-order valence-corrected chi connectivity index (χ2v) is 7.64. The first-order valence-electron chi connectivity index (χ1n) is 9.91. The summed E-state index contributed by atoms with van der Waals surface area (Å²) in [7, 11) is 0. The van der Waals surface area contributed by atoms with Crippen molar-refractivity contribution in [3.63, 3.8) is 0 Å². The number of ether oxygens (including phenoxy) is 1. The molecule has 0 spiro atoms. The van der Waals surface area contributed by atoms with Crippen molar-refractivity contribution in [1.82, 2.24) is 5.43 Å². The van der Waals surface area contributed by atoms with Crippen LogP contribution in [0.5, 0.6) is 5.75 Å². The monoisotopic (exact) mass is 401 g/mol. The van der Waals surface area contributed by atoms with Gasteiger partial charge in [0.15, 0.2) is 0 Å². The molecule has 4 rings (SSSR count). The van der Waals surface area contributed by atoms with Gasteiger partial charge in [0.25, 0.3) is 11.8 Å². The van der Waals surface area contributed by atoms with Gasteiger partial charge in [-0.1, -0.05) is 38.1 Å². The van der Waals surface area contributed by atoms with Crippen LogP contribution >= 0.6 is 0 Å². The number of carbonyl (C=O) groups is 2. The molecule has 0 saturated heterocycles. The summed E-state index contributed by atoms with van der Waals surface area (Å²) in [5.41, 5.74) is 4.71. The Morgan fingerprint density at radius 2 is 1.83 bits per heavy atom. The fourth-order valence-electron chi connectivity index (χ4n) is 3.41. The van der Waals surface area contributed by atoms with Crippen LogP contribution < -0.4 is 15.1 Å². The number of nitrogens with zero attached hydrogens (tertiary/aromatic N) is 2. The van der Waals surface area contributed by atoms with Crippen LogP contribution in [-0.2, 0) is 4.79 Å². The highest BCUT2D eigenvalue weighted by atomic mass is 16.5. The molecule has 2 amide bonds. The van der Waals surface area contributed by atoms with Crippen LogP contribution in [0.15, 0.2) is 65.8 Å². The molecule has 1 N–H and O–H groups in total. The summed E-state index contributed by atoms with van der Waals surface area (Å²) in [5, 5.41) is 5.88. The van der Waals surface area contributed by atoms with Gasteiger partial charge in [0.1, 0.15) is 12.3 Å². The summed E-state index contributed by atoms with van der Waals surface area (Å²) in [6, 6.07) is 18.8. The average Bonchev–Trinajstić information content (AvgIpc) is 3.01. The molecule has 0 radical (unpaired) electrons. The molecule has 6 heteroatoms. The summed E-state index contributed by atoms with van der Waals surface area (Å²) in [5.74, 6) is 0.731. The minimum Gasteiger partial charge on any atom is -0.493 e. The Kier molecular flexibility index (Phi) is 5.48. The number of hydrogen-bond donors (Lipinski definition) is 1. The Morgan fingerprint density at radius 3 is 2.57 bits per heavy atom. The number of rotatable bonds is 7. The van der Waals surface area contributed by atoms with Crippen LogP contribution in [0.1, 0.15) is 29.8 Å². The molecular formula is C24H23N3O3. The lowest BCUT2D eigenvalue weighted by molar-refractivity contribution is -0.119. The Labute approximate surface area is 175 Å². The Bertz CT molecular complexity index is 1110. The Hall–Kier alpha value is -3.67. The highest BCUT2D eigenvalue weighted by Crippen LogP contribution is 2.36. The highest BCUT2D eigenvalue weighted by Gasteiger charge is 2.30. The first-order chi connectivity index (χ1) is 14.5. The first-order valence-corrected chi connectivity index (χ1v) is 9.91. The van der Waals surface area contributed by atoms with Gasteiger partial charge in [0.05, 0.1) is 18.5 Å². The Balaban J connectivity index is 1.37. The zero-order valence-corrected chi connectivity index (χ0v) is 17.0. The molecule has 6 nitrogen and oxygen atoms in total. The number of benzene rings is 3. The van der Waals surface area contributed by atoms with E-state index in [1.54, 1.807) is 12.3 Å². The predicted octanol–water partition coefficient (Wildman–Crippen LogP) is 3.99.